The van der Waals surface area contributed by atoms with Crippen molar-refractivity contribution in [3.8, 4) is 0 Å². The largest absolute Gasteiger partial charge is 0.469 e. The van der Waals surface area contributed by atoms with Gasteiger partial charge in [-0.05, 0) is 6.92 Å². The lowest BCUT2D eigenvalue weighted by atomic mass is 10.2. The van der Waals surface area contributed by atoms with Gasteiger partial charge in [0.2, 0.25) is 0 Å². The molecule has 14 heavy (non-hydrogen) atoms. The SMILES string of the molecule is CC=C(CCOP(=O)(O)O)C(=O)OC. The maximum absolute atomic E-state index is 11.0. The molecule has 6 nitrogen and oxygen atoms in total. The number of hydrogen-bond acceptors (Lipinski definition) is 4. The minimum absolute atomic E-state index is 0.105. The molecule has 0 spiro atoms. The van der Waals surface area contributed by atoms with Gasteiger partial charge in [0.25, 0.3) is 0 Å². The number of phosphoric acid groups is 1. The summed E-state index contributed by atoms with van der Waals surface area (Å²) >= 11 is 0. The van der Waals surface area contributed by atoms with E-state index >= 15 is 0 Å². The van der Waals surface area contributed by atoms with Crippen LogP contribution < -0.4 is 0 Å². The summed E-state index contributed by atoms with van der Waals surface area (Å²) in [7, 11) is -3.22. The third-order valence-electron chi connectivity index (χ3n) is 1.43. The highest BCUT2D eigenvalue weighted by Gasteiger charge is 2.15. The predicted octanol–water partition coefficient (Wildman–Crippen LogP) is 0.605. The van der Waals surface area contributed by atoms with E-state index in [2.05, 4.69) is 9.26 Å². The Labute approximate surface area is 81.8 Å². The quantitative estimate of drug-likeness (QED) is 0.403. The van der Waals surface area contributed by atoms with Gasteiger partial charge in [-0.25, -0.2) is 9.36 Å². The molecule has 2 N–H and O–H groups in total. The Morgan fingerprint density at radius 3 is 2.43 bits per heavy atom. The van der Waals surface area contributed by atoms with Crippen LogP contribution >= 0.6 is 7.82 Å². The molecule has 0 amide bonds. The lowest BCUT2D eigenvalue weighted by molar-refractivity contribution is -0.136. The molecule has 0 unspecified atom stereocenters. The van der Waals surface area contributed by atoms with Crippen LogP contribution in [0.25, 0.3) is 0 Å². The summed E-state index contributed by atoms with van der Waals surface area (Å²) in [4.78, 5) is 27.7. The van der Waals surface area contributed by atoms with Crippen LogP contribution in [0.5, 0.6) is 0 Å². The smallest absolute Gasteiger partial charge is 0.466 e. The number of carbonyl (C=O) groups excluding carboxylic acids is 1. The van der Waals surface area contributed by atoms with Crippen LogP contribution in [-0.4, -0.2) is 29.5 Å². The Hall–Kier alpha value is -0.680. The van der Waals surface area contributed by atoms with Crippen LogP contribution in [0, 0.1) is 0 Å². The zero-order chi connectivity index (χ0) is 11.2. The summed E-state index contributed by atoms with van der Waals surface area (Å²) < 4.78 is 18.9. The van der Waals surface area contributed by atoms with Gasteiger partial charge in [0.15, 0.2) is 0 Å². The van der Waals surface area contributed by atoms with Crippen molar-refractivity contribution < 1.29 is 28.4 Å². The second kappa shape index (κ2) is 5.93. The van der Waals surface area contributed by atoms with Crippen molar-refractivity contribution >= 4 is 13.8 Å². The fourth-order valence-electron chi connectivity index (χ4n) is 0.770. The second-order valence-electron chi connectivity index (χ2n) is 2.38. The molecule has 0 aliphatic heterocycles. The summed E-state index contributed by atoms with van der Waals surface area (Å²) in [6.07, 6.45) is 1.61. The Balaban J connectivity index is 4.00. The van der Waals surface area contributed by atoms with Crippen LogP contribution in [0.4, 0.5) is 0 Å². The minimum atomic E-state index is -4.45. The highest BCUT2D eigenvalue weighted by Crippen LogP contribution is 2.35. The van der Waals surface area contributed by atoms with Gasteiger partial charge in [-0.3, -0.25) is 4.52 Å². The normalized spacial score (nSPS) is 12.7. The molecule has 0 saturated heterocycles. The summed E-state index contributed by atoms with van der Waals surface area (Å²) in [5.74, 6) is -0.526. The van der Waals surface area contributed by atoms with Crippen LogP contribution in [0.1, 0.15) is 13.3 Å². The number of allylic oxidation sites excluding steroid dienone is 1. The lowest BCUT2D eigenvalue weighted by Gasteiger charge is -2.06. The molecule has 0 saturated carbocycles. The van der Waals surface area contributed by atoms with E-state index in [4.69, 9.17) is 9.79 Å². The van der Waals surface area contributed by atoms with Gasteiger partial charge >= 0.3 is 13.8 Å². The molecule has 0 radical (unpaired) electrons. The van der Waals surface area contributed by atoms with Gasteiger partial charge < -0.3 is 14.5 Å². The van der Waals surface area contributed by atoms with Crippen LogP contribution in [0.3, 0.4) is 0 Å². The van der Waals surface area contributed by atoms with E-state index < -0.39 is 13.8 Å². The van der Waals surface area contributed by atoms with Gasteiger partial charge in [-0.2, -0.15) is 0 Å². The van der Waals surface area contributed by atoms with Crippen molar-refractivity contribution in [1.82, 2.24) is 0 Å². The monoisotopic (exact) mass is 224 g/mol. The molecule has 0 aromatic rings. The van der Waals surface area contributed by atoms with Crippen molar-refractivity contribution in [2.75, 3.05) is 13.7 Å². The Kier molecular flexibility index (Phi) is 5.64. The van der Waals surface area contributed by atoms with Crippen molar-refractivity contribution in [3.05, 3.63) is 11.6 Å². The highest BCUT2D eigenvalue weighted by molar-refractivity contribution is 7.46. The first kappa shape index (κ1) is 13.3. The van der Waals surface area contributed by atoms with E-state index in [9.17, 15) is 9.36 Å². The van der Waals surface area contributed by atoms with Gasteiger partial charge in [0.05, 0.1) is 13.7 Å². The highest BCUT2D eigenvalue weighted by atomic mass is 31.2. The van der Waals surface area contributed by atoms with Crippen molar-refractivity contribution in [1.29, 1.82) is 0 Å². The average molecular weight is 224 g/mol. The molecule has 0 heterocycles. The Morgan fingerprint density at radius 2 is 2.07 bits per heavy atom. The first-order valence-corrected chi connectivity index (χ1v) is 5.37. The fourth-order valence-corrected chi connectivity index (χ4v) is 1.10. The van der Waals surface area contributed by atoms with E-state index in [1.165, 1.54) is 13.2 Å². The molecule has 0 atom stereocenters. The van der Waals surface area contributed by atoms with Crippen LogP contribution in [-0.2, 0) is 18.6 Å². The number of carbonyl (C=O) groups is 1. The number of esters is 1. The number of rotatable bonds is 5. The van der Waals surface area contributed by atoms with Gasteiger partial charge in [0, 0.05) is 12.0 Å². The molecule has 0 aromatic carbocycles. The lowest BCUT2D eigenvalue weighted by Crippen LogP contribution is -2.07. The first-order valence-electron chi connectivity index (χ1n) is 3.84. The van der Waals surface area contributed by atoms with E-state index in [0.29, 0.717) is 5.57 Å². The number of phosphoric ester groups is 1. The van der Waals surface area contributed by atoms with E-state index in [1.54, 1.807) is 6.92 Å². The number of ether oxygens (including phenoxy) is 1. The number of hydrogen-bond donors (Lipinski definition) is 2. The average Bonchev–Trinajstić information content (AvgIpc) is 2.09. The third-order valence-corrected chi connectivity index (χ3v) is 1.95. The Morgan fingerprint density at radius 1 is 1.50 bits per heavy atom. The minimum Gasteiger partial charge on any atom is -0.466 e. The molecular weight excluding hydrogens is 211 g/mol. The maximum Gasteiger partial charge on any atom is 0.469 e. The third kappa shape index (κ3) is 5.88. The van der Waals surface area contributed by atoms with E-state index in [1.807, 2.05) is 0 Å². The van der Waals surface area contributed by atoms with Crippen molar-refractivity contribution in [2.45, 2.75) is 13.3 Å². The number of methoxy groups -OCH3 is 1. The summed E-state index contributed by atoms with van der Waals surface area (Å²) in [6.45, 7) is 1.41. The molecule has 0 bridgehead atoms. The van der Waals surface area contributed by atoms with E-state index in [0.717, 1.165) is 0 Å². The summed E-state index contributed by atoms with van der Waals surface area (Å²) in [6, 6.07) is 0. The molecule has 0 aliphatic rings. The van der Waals surface area contributed by atoms with E-state index in [-0.39, 0.29) is 13.0 Å². The van der Waals surface area contributed by atoms with Crippen LogP contribution in [0.15, 0.2) is 11.6 Å². The molecule has 0 rings (SSSR count). The second-order valence-corrected chi connectivity index (χ2v) is 3.62. The van der Waals surface area contributed by atoms with Crippen molar-refractivity contribution in [3.63, 3.8) is 0 Å². The predicted molar refractivity (Wildman–Crippen MR) is 48.4 cm³/mol. The molecule has 7 heteroatoms. The molecular formula is C7H13O6P. The first-order chi connectivity index (χ1) is 6.40. The fraction of sp³-hybridized carbons (Fsp3) is 0.571. The van der Waals surface area contributed by atoms with Crippen LogP contribution in [0.2, 0.25) is 0 Å². The molecule has 82 valence electrons. The summed E-state index contributed by atoms with van der Waals surface area (Å²) in [5.41, 5.74) is 0.320. The maximum atomic E-state index is 11.0. The zero-order valence-electron chi connectivity index (χ0n) is 7.97. The van der Waals surface area contributed by atoms with Gasteiger partial charge in [-0.1, -0.05) is 6.08 Å². The topological polar surface area (TPSA) is 93.1 Å². The zero-order valence-corrected chi connectivity index (χ0v) is 8.86. The molecule has 0 aromatic heterocycles. The van der Waals surface area contributed by atoms with Gasteiger partial charge in [0.1, 0.15) is 0 Å². The van der Waals surface area contributed by atoms with Gasteiger partial charge in [-0.15, -0.1) is 0 Å². The standard InChI is InChI=1S/C7H13O6P/c1-3-6(7(8)12-2)4-5-13-14(9,10)11/h3H,4-5H2,1-2H3,(H2,9,10,11). The molecule has 0 aliphatic carbocycles. The van der Waals surface area contributed by atoms with Crippen molar-refractivity contribution in [2.24, 2.45) is 0 Å². The Bertz CT molecular complexity index is 265. The summed E-state index contributed by atoms with van der Waals surface area (Å²) in [5, 5.41) is 0. The molecule has 0 fully saturated rings.